The second-order valence-corrected chi connectivity index (χ2v) is 4.58. The number of aliphatic hydroxyl groups excluding tert-OH is 1. The first-order valence-corrected chi connectivity index (χ1v) is 5.50. The van der Waals surface area contributed by atoms with Gasteiger partial charge in [0.1, 0.15) is 10.1 Å². The van der Waals surface area contributed by atoms with E-state index in [4.69, 9.17) is 0 Å². The second-order valence-electron chi connectivity index (χ2n) is 3.15. The molecule has 1 unspecified atom stereocenters. The summed E-state index contributed by atoms with van der Waals surface area (Å²) < 4.78 is 31.9. The Kier molecular flexibility index (Phi) is 5.46. The zero-order valence-corrected chi connectivity index (χ0v) is 11.7. The number of aliphatic hydroxyl groups is 1. The number of rotatable bonds is 2. The molecule has 0 radical (unpaired) electrons. The van der Waals surface area contributed by atoms with Crippen LogP contribution >= 0.6 is 0 Å². The van der Waals surface area contributed by atoms with Gasteiger partial charge in [0.15, 0.2) is 5.44 Å². The van der Waals surface area contributed by atoms with Crippen LogP contribution in [0.4, 0.5) is 0 Å². The molecule has 1 atom stereocenters. The fraction of sp³-hybridized carbons (Fsp3) is 0.333. The van der Waals surface area contributed by atoms with Gasteiger partial charge < -0.3 is 9.66 Å². The van der Waals surface area contributed by atoms with Crippen molar-refractivity contribution in [2.24, 2.45) is 0 Å². The van der Waals surface area contributed by atoms with E-state index in [1.54, 1.807) is 32.0 Å². The van der Waals surface area contributed by atoms with Gasteiger partial charge in [-0.25, -0.2) is 8.42 Å². The molecule has 1 N–H and O–H groups in total. The van der Waals surface area contributed by atoms with Crippen LogP contribution in [0.5, 0.6) is 0 Å². The Morgan fingerprint density at radius 1 is 1.27 bits per heavy atom. The van der Waals surface area contributed by atoms with Crippen molar-refractivity contribution >= 4 is 10.1 Å². The van der Waals surface area contributed by atoms with Gasteiger partial charge in [0.2, 0.25) is 0 Å². The van der Waals surface area contributed by atoms with Crippen LogP contribution in [0.15, 0.2) is 18.2 Å². The first kappa shape index (κ1) is 15.1. The van der Waals surface area contributed by atoms with E-state index in [9.17, 15) is 18.1 Å². The summed E-state index contributed by atoms with van der Waals surface area (Å²) in [6.07, 6.45) is 0. The van der Waals surface area contributed by atoms with Crippen LogP contribution in [-0.4, -0.2) is 18.1 Å². The molecular weight excluding hydrogens is 227 g/mol. The second kappa shape index (κ2) is 5.43. The van der Waals surface area contributed by atoms with Gasteiger partial charge in [-0.3, -0.25) is 0 Å². The molecule has 0 fully saturated rings. The Labute approximate surface area is 111 Å². The van der Waals surface area contributed by atoms with Crippen molar-refractivity contribution in [3.05, 3.63) is 34.9 Å². The maximum atomic E-state index is 10.6. The van der Waals surface area contributed by atoms with Gasteiger partial charge in [-0.2, -0.15) is 0 Å². The molecule has 0 bridgehead atoms. The standard InChI is InChI=1S/C9H12O4S.Na/c1-6-4-3-5-7(2)8(6)9(10)14(11,12)13;/h3-5,9-10H,1-2H3,(H,11,12,13);/q;+1/p-1. The average Bonchev–Trinajstić information content (AvgIpc) is 2.01. The van der Waals surface area contributed by atoms with Crippen molar-refractivity contribution in [3.63, 3.8) is 0 Å². The molecule has 1 aromatic carbocycles. The van der Waals surface area contributed by atoms with E-state index in [-0.39, 0.29) is 35.1 Å². The van der Waals surface area contributed by atoms with E-state index in [0.717, 1.165) is 0 Å². The van der Waals surface area contributed by atoms with Crippen molar-refractivity contribution in [1.29, 1.82) is 0 Å². The van der Waals surface area contributed by atoms with Crippen molar-refractivity contribution < 1.29 is 47.6 Å². The summed E-state index contributed by atoms with van der Waals surface area (Å²) in [5.41, 5.74) is -0.597. The molecule has 4 nitrogen and oxygen atoms in total. The van der Waals surface area contributed by atoms with Gasteiger partial charge in [-0.05, 0) is 25.0 Å². The van der Waals surface area contributed by atoms with Crippen LogP contribution in [0, 0.1) is 13.8 Å². The van der Waals surface area contributed by atoms with Gasteiger partial charge in [-0.1, -0.05) is 18.2 Å². The molecule has 6 heteroatoms. The summed E-state index contributed by atoms with van der Waals surface area (Å²) in [5, 5.41) is 9.32. The van der Waals surface area contributed by atoms with Gasteiger partial charge in [-0.15, -0.1) is 0 Å². The van der Waals surface area contributed by atoms with Crippen molar-refractivity contribution in [2.75, 3.05) is 0 Å². The molecule has 0 aliphatic heterocycles. The Balaban J connectivity index is 0.00000196. The van der Waals surface area contributed by atoms with E-state index in [1.807, 2.05) is 0 Å². The van der Waals surface area contributed by atoms with Crippen molar-refractivity contribution in [1.82, 2.24) is 0 Å². The first-order valence-electron chi connectivity index (χ1n) is 4.03. The van der Waals surface area contributed by atoms with Gasteiger partial charge >= 0.3 is 29.6 Å². The molecule has 78 valence electrons. The maximum Gasteiger partial charge on any atom is 1.00 e. The first-order chi connectivity index (χ1) is 6.34. The molecule has 0 heterocycles. The summed E-state index contributed by atoms with van der Waals surface area (Å²) in [5.74, 6) is 0. The minimum atomic E-state index is -4.70. The van der Waals surface area contributed by atoms with E-state index in [0.29, 0.717) is 11.1 Å². The van der Waals surface area contributed by atoms with Crippen LogP contribution in [0.2, 0.25) is 0 Å². The number of hydrogen-bond donors (Lipinski definition) is 1. The van der Waals surface area contributed by atoms with Gasteiger partial charge in [0, 0.05) is 5.56 Å². The Morgan fingerprint density at radius 3 is 2.00 bits per heavy atom. The summed E-state index contributed by atoms with van der Waals surface area (Å²) in [6, 6.07) is 5.03. The van der Waals surface area contributed by atoms with Crippen LogP contribution < -0.4 is 29.6 Å². The summed E-state index contributed by atoms with van der Waals surface area (Å²) in [7, 11) is -4.70. The monoisotopic (exact) mass is 238 g/mol. The molecule has 0 spiro atoms. The zero-order chi connectivity index (χ0) is 10.9. The number of benzene rings is 1. The Morgan fingerprint density at radius 2 is 1.67 bits per heavy atom. The van der Waals surface area contributed by atoms with Crippen LogP contribution in [-0.2, 0) is 10.1 Å². The molecule has 0 aromatic heterocycles. The number of aryl methyl sites for hydroxylation is 2. The third-order valence-corrected chi connectivity index (χ3v) is 2.85. The molecule has 1 rings (SSSR count). The van der Waals surface area contributed by atoms with Crippen molar-refractivity contribution in [2.45, 2.75) is 19.3 Å². The van der Waals surface area contributed by atoms with E-state index < -0.39 is 15.6 Å². The minimum absolute atomic E-state index is 0. The van der Waals surface area contributed by atoms with Crippen LogP contribution in [0.1, 0.15) is 22.1 Å². The smallest absolute Gasteiger partial charge is 0.746 e. The summed E-state index contributed by atoms with van der Waals surface area (Å²) >= 11 is 0. The molecular formula is C9H11NaO4S. The molecule has 0 aliphatic rings. The molecule has 1 aromatic rings. The summed E-state index contributed by atoms with van der Waals surface area (Å²) in [4.78, 5) is 0. The maximum absolute atomic E-state index is 10.6. The van der Waals surface area contributed by atoms with E-state index >= 15 is 0 Å². The molecule has 15 heavy (non-hydrogen) atoms. The van der Waals surface area contributed by atoms with Crippen LogP contribution in [0.3, 0.4) is 0 Å². The predicted molar refractivity (Wildman–Crippen MR) is 50.6 cm³/mol. The van der Waals surface area contributed by atoms with Gasteiger partial charge in [0.05, 0.1) is 0 Å². The Bertz CT molecular complexity index is 421. The molecule has 0 aliphatic carbocycles. The topological polar surface area (TPSA) is 77.4 Å². The predicted octanol–water partition coefficient (Wildman–Crippen LogP) is -2.16. The average molecular weight is 238 g/mol. The van der Waals surface area contributed by atoms with Gasteiger partial charge in [0.25, 0.3) is 0 Å². The van der Waals surface area contributed by atoms with E-state index in [2.05, 4.69) is 0 Å². The fourth-order valence-electron chi connectivity index (χ4n) is 1.36. The fourth-order valence-corrected chi connectivity index (χ4v) is 2.02. The molecule has 0 amide bonds. The largest absolute Gasteiger partial charge is 1.00 e. The zero-order valence-electron chi connectivity index (χ0n) is 8.89. The number of hydrogen-bond acceptors (Lipinski definition) is 4. The summed E-state index contributed by atoms with van der Waals surface area (Å²) in [6.45, 7) is 3.30. The normalized spacial score (nSPS) is 13.1. The third-order valence-electron chi connectivity index (χ3n) is 2.06. The minimum Gasteiger partial charge on any atom is -0.746 e. The third kappa shape index (κ3) is 3.55. The molecule has 0 saturated carbocycles. The Hall–Kier alpha value is 0.0900. The van der Waals surface area contributed by atoms with E-state index in [1.165, 1.54) is 0 Å². The molecule has 0 saturated heterocycles. The van der Waals surface area contributed by atoms with Crippen LogP contribution in [0.25, 0.3) is 0 Å². The van der Waals surface area contributed by atoms with Crippen molar-refractivity contribution in [3.8, 4) is 0 Å². The SMILES string of the molecule is Cc1cccc(C)c1C(O)S(=O)(=O)[O-].[Na+]. The quantitative estimate of drug-likeness (QED) is 0.470.